The van der Waals surface area contributed by atoms with E-state index in [0.29, 0.717) is 11.5 Å². The summed E-state index contributed by atoms with van der Waals surface area (Å²) < 4.78 is 1.70. The van der Waals surface area contributed by atoms with Crippen molar-refractivity contribution in [3.8, 4) is 0 Å². The molecule has 90 valence electrons. The molecule has 0 saturated carbocycles. The van der Waals surface area contributed by atoms with Gasteiger partial charge in [0, 0.05) is 5.39 Å². The van der Waals surface area contributed by atoms with Gasteiger partial charge in [0.05, 0.1) is 22.8 Å². The summed E-state index contributed by atoms with van der Waals surface area (Å²) in [6.07, 6.45) is 1.67. The topological polar surface area (TPSA) is 93.5 Å². The van der Waals surface area contributed by atoms with E-state index < -0.39 is 5.97 Å². The first kappa shape index (κ1) is 10.5. The molecule has 0 unspecified atom stereocenters. The lowest BCUT2D eigenvalue weighted by Crippen LogP contribution is -2.03. The Balaban J connectivity index is 2.50. The summed E-state index contributed by atoms with van der Waals surface area (Å²) in [6.45, 7) is 1.82. The SMILES string of the molecule is Cc1ncc2c3cc(C(=O)O)ccc3nc(N)n12. The number of hydrogen-bond donors (Lipinski definition) is 2. The molecule has 0 fully saturated rings. The lowest BCUT2D eigenvalue weighted by atomic mass is 10.1. The summed E-state index contributed by atoms with van der Waals surface area (Å²) in [5, 5.41) is 9.74. The summed E-state index contributed by atoms with van der Waals surface area (Å²) in [7, 11) is 0. The van der Waals surface area contributed by atoms with Crippen LogP contribution in [0.25, 0.3) is 16.4 Å². The zero-order chi connectivity index (χ0) is 12.9. The van der Waals surface area contributed by atoms with Gasteiger partial charge in [-0.3, -0.25) is 4.40 Å². The first-order valence-corrected chi connectivity index (χ1v) is 5.34. The minimum absolute atomic E-state index is 0.217. The van der Waals surface area contributed by atoms with E-state index in [-0.39, 0.29) is 5.56 Å². The van der Waals surface area contributed by atoms with Crippen LogP contribution in [0, 0.1) is 6.92 Å². The van der Waals surface area contributed by atoms with E-state index in [1.54, 1.807) is 22.7 Å². The minimum Gasteiger partial charge on any atom is -0.478 e. The van der Waals surface area contributed by atoms with Gasteiger partial charge in [0.2, 0.25) is 5.95 Å². The van der Waals surface area contributed by atoms with Crippen molar-refractivity contribution in [2.24, 2.45) is 0 Å². The van der Waals surface area contributed by atoms with Crippen molar-refractivity contribution >= 4 is 28.3 Å². The number of carboxylic acid groups (broad SMARTS) is 1. The monoisotopic (exact) mass is 242 g/mol. The molecule has 0 bridgehead atoms. The Kier molecular flexibility index (Phi) is 2.00. The van der Waals surface area contributed by atoms with E-state index in [1.807, 2.05) is 6.92 Å². The molecule has 2 heterocycles. The molecule has 0 spiro atoms. The number of benzene rings is 1. The number of hydrogen-bond acceptors (Lipinski definition) is 4. The fraction of sp³-hybridized carbons (Fsp3) is 0.0833. The predicted octanol–water partition coefficient (Wildman–Crippen LogP) is 1.47. The quantitative estimate of drug-likeness (QED) is 0.674. The van der Waals surface area contributed by atoms with Gasteiger partial charge in [-0.1, -0.05) is 0 Å². The van der Waals surface area contributed by atoms with Gasteiger partial charge in [-0.25, -0.2) is 14.8 Å². The van der Waals surface area contributed by atoms with Crippen LogP contribution >= 0.6 is 0 Å². The molecule has 0 radical (unpaired) electrons. The van der Waals surface area contributed by atoms with Gasteiger partial charge in [-0.2, -0.15) is 0 Å². The Bertz CT molecular complexity index is 791. The van der Waals surface area contributed by atoms with Gasteiger partial charge in [-0.05, 0) is 25.1 Å². The molecule has 0 saturated heterocycles. The number of carbonyl (C=O) groups is 1. The molecule has 0 aliphatic carbocycles. The number of imidazole rings is 1. The second kappa shape index (κ2) is 3.43. The Labute approximate surface area is 102 Å². The summed E-state index contributed by atoms with van der Waals surface area (Å²) in [5.41, 5.74) is 7.50. The second-order valence-corrected chi connectivity index (χ2v) is 4.03. The van der Waals surface area contributed by atoms with Crippen molar-refractivity contribution in [3.63, 3.8) is 0 Å². The van der Waals surface area contributed by atoms with Gasteiger partial charge in [-0.15, -0.1) is 0 Å². The third-order valence-corrected chi connectivity index (χ3v) is 2.92. The van der Waals surface area contributed by atoms with Gasteiger partial charge in [0.25, 0.3) is 0 Å². The zero-order valence-electron chi connectivity index (χ0n) is 9.58. The third-order valence-electron chi connectivity index (χ3n) is 2.92. The van der Waals surface area contributed by atoms with Crippen molar-refractivity contribution in [1.29, 1.82) is 0 Å². The number of nitrogens with two attached hydrogens (primary N) is 1. The van der Waals surface area contributed by atoms with Crippen LogP contribution in [0.5, 0.6) is 0 Å². The van der Waals surface area contributed by atoms with Crippen molar-refractivity contribution in [2.75, 3.05) is 5.73 Å². The maximum absolute atomic E-state index is 11.0. The minimum atomic E-state index is -0.969. The molecule has 0 aliphatic heterocycles. The molecule has 0 amide bonds. The molecular formula is C12H10N4O2. The third kappa shape index (κ3) is 1.32. The molecule has 6 nitrogen and oxygen atoms in total. The Morgan fingerprint density at radius 2 is 2.22 bits per heavy atom. The Hall–Kier alpha value is -2.63. The molecular weight excluding hydrogens is 232 g/mol. The van der Waals surface area contributed by atoms with E-state index in [2.05, 4.69) is 9.97 Å². The number of anilines is 1. The van der Waals surface area contributed by atoms with Gasteiger partial charge < -0.3 is 10.8 Å². The number of aromatic carboxylic acids is 1. The summed E-state index contributed by atoms with van der Waals surface area (Å²) in [5.74, 6) is 0.0938. The van der Waals surface area contributed by atoms with E-state index in [0.717, 1.165) is 16.7 Å². The fourth-order valence-corrected chi connectivity index (χ4v) is 2.07. The summed E-state index contributed by atoms with van der Waals surface area (Å²) in [6, 6.07) is 4.74. The number of fused-ring (bicyclic) bond motifs is 3. The van der Waals surface area contributed by atoms with Crippen LogP contribution in [0.1, 0.15) is 16.2 Å². The van der Waals surface area contributed by atoms with Crippen LogP contribution in [0.3, 0.4) is 0 Å². The number of aromatic nitrogens is 3. The fourth-order valence-electron chi connectivity index (χ4n) is 2.07. The van der Waals surface area contributed by atoms with Crippen LogP contribution in [0.4, 0.5) is 5.95 Å². The highest BCUT2D eigenvalue weighted by molar-refractivity contribution is 5.99. The Morgan fingerprint density at radius 3 is 2.94 bits per heavy atom. The molecule has 1 aromatic carbocycles. The maximum Gasteiger partial charge on any atom is 0.335 e. The molecule has 6 heteroatoms. The summed E-state index contributed by atoms with van der Waals surface area (Å²) >= 11 is 0. The molecule has 3 rings (SSSR count). The highest BCUT2D eigenvalue weighted by Gasteiger charge is 2.11. The van der Waals surface area contributed by atoms with Gasteiger partial charge in [0.15, 0.2) is 0 Å². The first-order valence-electron chi connectivity index (χ1n) is 5.34. The number of nitrogens with zero attached hydrogens (tertiary/aromatic N) is 3. The maximum atomic E-state index is 11.0. The summed E-state index contributed by atoms with van der Waals surface area (Å²) in [4.78, 5) is 19.4. The van der Waals surface area contributed by atoms with E-state index in [4.69, 9.17) is 10.8 Å². The van der Waals surface area contributed by atoms with Crippen LogP contribution in [0.2, 0.25) is 0 Å². The van der Waals surface area contributed by atoms with Crippen molar-refractivity contribution in [3.05, 3.63) is 35.8 Å². The number of aryl methyl sites for hydroxylation is 1. The largest absolute Gasteiger partial charge is 0.478 e. The molecule has 3 N–H and O–H groups in total. The highest BCUT2D eigenvalue weighted by Crippen LogP contribution is 2.23. The van der Waals surface area contributed by atoms with Crippen molar-refractivity contribution in [1.82, 2.24) is 14.4 Å². The smallest absolute Gasteiger partial charge is 0.335 e. The average molecular weight is 242 g/mol. The Morgan fingerprint density at radius 1 is 1.44 bits per heavy atom. The highest BCUT2D eigenvalue weighted by atomic mass is 16.4. The van der Waals surface area contributed by atoms with E-state index in [9.17, 15) is 4.79 Å². The number of rotatable bonds is 1. The lowest BCUT2D eigenvalue weighted by molar-refractivity contribution is 0.0697. The number of carboxylic acids is 1. The van der Waals surface area contributed by atoms with Crippen LogP contribution < -0.4 is 5.73 Å². The van der Waals surface area contributed by atoms with Gasteiger partial charge >= 0.3 is 5.97 Å². The van der Waals surface area contributed by atoms with E-state index in [1.165, 1.54) is 6.07 Å². The number of nitrogen functional groups attached to an aromatic ring is 1. The van der Waals surface area contributed by atoms with Crippen molar-refractivity contribution in [2.45, 2.75) is 6.92 Å². The average Bonchev–Trinajstić information content (AvgIpc) is 2.72. The second-order valence-electron chi connectivity index (χ2n) is 4.03. The predicted molar refractivity (Wildman–Crippen MR) is 66.6 cm³/mol. The lowest BCUT2D eigenvalue weighted by Gasteiger charge is -2.06. The first-order chi connectivity index (χ1) is 8.58. The molecule has 3 aromatic rings. The zero-order valence-corrected chi connectivity index (χ0v) is 9.58. The van der Waals surface area contributed by atoms with E-state index >= 15 is 0 Å². The molecule has 18 heavy (non-hydrogen) atoms. The van der Waals surface area contributed by atoms with Crippen molar-refractivity contribution < 1.29 is 9.90 Å². The molecule has 2 aromatic heterocycles. The van der Waals surface area contributed by atoms with Crippen LogP contribution in [0.15, 0.2) is 24.4 Å². The van der Waals surface area contributed by atoms with Crippen LogP contribution in [-0.4, -0.2) is 25.4 Å². The standard InChI is InChI=1S/C12H10N4O2/c1-6-14-5-10-8-4-7(11(17)18)2-3-9(8)15-12(13)16(6)10/h2-5H,1H3,(H2,13,15)(H,17,18). The normalized spacial score (nSPS) is 11.2. The molecule has 0 aliphatic rings. The molecule has 0 atom stereocenters. The van der Waals surface area contributed by atoms with Gasteiger partial charge in [0.1, 0.15) is 5.82 Å². The van der Waals surface area contributed by atoms with Crippen LogP contribution in [-0.2, 0) is 0 Å².